The maximum atomic E-state index is 13.5. The fourth-order valence-corrected chi connectivity index (χ4v) is 4.81. The second kappa shape index (κ2) is 9.93. The number of nitrogens with zero attached hydrogens (tertiary/aromatic N) is 2. The van der Waals surface area contributed by atoms with E-state index >= 15 is 0 Å². The van der Waals surface area contributed by atoms with E-state index in [4.69, 9.17) is 14.2 Å². The number of benzene rings is 2. The lowest BCUT2D eigenvalue weighted by Crippen LogP contribution is -2.39. The number of esters is 1. The van der Waals surface area contributed by atoms with Crippen molar-refractivity contribution >= 4 is 23.4 Å². The molecule has 3 aromatic rings. The molecule has 0 saturated heterocycles. The molecule has 0 spiro atoms. The van der Waals surface area contributed by atoms with Gasteiger partial charge in [0.2, 0.25) is 0 Å². The molecular formula is C26H24N2O5S. The van der Waals surface area contributed by atoms with Crippen LogP contribution in [0.5, 0.6) is 11.5 Å². The third-order valence-electron chi connectivity index (χ3n) is 5.40. The zero-order valence-corrected chi connectivity index (χ0v) is 19.9. The van der Waals surface area contributed by atoms with Crippen molar-refractivity contribution in [3.8, 4) is 11.5 Å². The van der Waals surface area contributed by atoms with Gasteiger partial charge in [0, 0.05) is 0 Å². The first-order valence-corrected chi connectivity index (χ1v) is 11.4. The Hall–Kier alpha value is -3.91. The highest BCUT2D eigenvalue weighted by Crippen LogP contribution is 2.31. The average Bonchev–Trinajstić information content (AvgIpc) is 3.16. The van der Waals surface area contributed by atoms with Crippen LogP contribution >= 0.6 is 11.3 Å². The van der Waals surface area contributed by atoms with E-state index in [2.05, 4.69) is 11.6 Å². The largest absolute Gasteiger partial charge is 0.497 e. The van der Waals surface area contributed by atoms with Crippen molar-refractivity contribution < 1.29 is 19.0 Å². The molecule has 0 fully saturated rings. The first kappa shape index (κ1) is 23.3. The molecule has 2 heterocycles. The smallest absolute Gasteiger partial charge is 0.338 e. The van der Waals surface area contributed by atoms with E-state index in [9.17, 15) is 9.59 Å². The summed E-state index contributed by atoms with van der Waals surface area (Å²) in [6.45, 7) is 5.81. The van der Waals surface area contributed by atoms with Crippen molar-refractivity contribution in [1.29, 1.82) is 0 Å². The normalized spacial score (nSPS) is 15.4. The second-order valence-corrected chi connectivity index (χ2v) is 8.52. The van der Waals surface area contributed by atoms with Gasteiger partial charge in [0.05, 0.1) is 36.1 Å². The Balaban J connectivity index is 1.84. The van der Waals surface area contributed by atoms with E-state index in [1.807, 2.05) is 42.5 Å². The first-order chi connectivity index (χ1) is 16.5. The minimum absolute atomic E-state index is 0.231. The Morgan fingerprint density at radius 2 is 1.79 bits per heavy atom. The molecule has 2 aromatic carbocycles. The summed E-state index contributed by atoms with van der Waals surface area (Å²) in [6, 6.07) is 14.0. The van der Waals surface area contributed by atoms with Crippen LogP contribution in [0.1, 0.15) is 24.1 Å². The number of carbonyl (C=O) groups excluding carboxylic acids is 1. The molecule has 0 aliphatic carbocycles. The van der Waals surface area contributed by atoms with Gasteiger partial charge in [-0.3, -0.25) is 9.36 Å². The van der Waals surface area contributed by atoms with Crippen molar-refractivity contribution in [2.24, 2.45) is 4.99 Å². The number of allylic oxidation sites excluding steroid dienone is 1. The molecule has 0 unspecified atom stereocenters. The standard InChI is InChI=1S/C26H24N2O5S/c1-5-14-33-20-10-6-17(7-11-20)15-21-24(29)28-23(18-8-12-19(31-3)13-9-18)22(25(30)32-4)16(2)27-26(28)34-21/h5-13,15,23H,1,14H2,2-4H3/b21-15+/t23-/m0/s1. The van der Waals surface area contributed by atoms with Gasteiger partial charge in [0.15, 0.2) is 4.80 Å². The van der Waals surface area contributed by atoms with Gasteiger partial charge < -0.3 is 14.2 Å². The highest BCUT2D eigenvalue weighted by atomic mass is 32.1. The molecule has 34 heavy (non-hydrogen) atoms. The topological polar surface area (TPSA) is 79.1 Å². The fraction of sp³-hybridized carbons (Fsp3) is 0.192. The molecule has 0 amide bonds. The van der Waals surface area contributed by atoms with Crippen molar-refractivity contribution in [3.63, 3.8) is 0 Å². The van der Waals surface area contributed by atoms with Gasteiger partial charge in [-0.1, -0.05) is 48.3 Å². The number of methoxy groups -OCH3 is 2. The van der Waals surface area contributed by atoms with Crippen LogP contribution in [0.3, 0.4) is 0 Å². The van der Waals surface area contributed by atoms with Crippen LogP contribution in [-0.2, 0) is 9.53 Å². The van der Waals surface area contributed by atoms with Gasteiger partial charge in [-0.25, -0.2) is 9.79 Å². The molecule has 0 radical (unpaired) electrons. The number of hydrogen-bond donors (Lipinski definition) is 0. The lowest BCUT2D eigenvalue weighted by atomic mass is 9.96. The Bertz CT molecular complexity index is 1430. The molecule has 4 rings (SSSR count). The molecule has 1 aromatic heterocycles. The summed E-state index contributed by atoms with van der Waals surface area (Å²) < 4.78 is 17.9. The number of aromatic nitrogens is 1. The summed E-state index contributed by atoms with van der Waals surface area (Å²) in [5.41, 5.74) is 2.22. The molecule has 0 bridgehead atoms. The number of carbonyl (C=O) groups is 1. The average molecular weight is 477 g/mol. The Kier molecular flexibility index (Phi) is 6.79. The minimum atomic E-state index is -0.661. The zero-order chi connectivity index (χ0) is 24.2. The molecular weight excluding hydrogens is 452 g/mol. The van der Waals surface area contributed by atoms with E-state index in [1.165, 1.54) is 18.4 Å². The third kappa shape index (κ3) is 4.45. The summed E-state index contributed by atoms with van der Waals surface area (Å²) in [4.78, 5) is 31.3. The van der Waals surface area contributed by atoms with Gasteiger partial charge >= 0.3 is 5.97 Å². The number of thiazole rings is 1. The SMILES string of the molecule is C=CCOc1ccc(/C=c2/sc3n(c2=O)[C@@H](c2ccc(OC)cc2)C(C(=O)OC)=C(C)N=3)cc1. The summed E-state index contributed by atoms with van der Waals surface area (Å²) in [7, 11) is 2.90. The summed E-state index contributed by atoms with van der Waals surface area (Å²) in [5.74, 6) is 0.875. The molecule has 0 saturated carbocycles. The van der Waals surface area contributed by atoms with Crippen molar-refractivity contribution in [3.05, 3.63) is 103 Å². The molecule has 174 valence electrons. The summed E-state index contributed by atoms with van der Waals surface area (Å²) in [5, 5.41) is 0. The maximum Gasteiger partial charge on any atom is 0.338 e. The van der Waals surface area contributed by atoms with Gasteiger partial charge in [0.25, 0.3) is 5.56 Å². The molecule has 1 aliphatic heterocycles. The summed E-state index contributed by atoms with van der Waals surface area (Å²) >= 11 is 1.28. The molecule has 8 heteroatoms. The van der Waals surface area contributed by atoms with E-state index < -0.39 is 12.0 Å². The maximum absolute atomic E-state index is 13.5. The van der Waals surface area contributed by atoms with Gasteiger partial charge in [-0.15, -0.1) is 0 Å². The number of hydrogen-bond acceptors (Lipinski definition) is 7. The highest BCUT2D eigenvalue weighted by Gasteiger charge is 2.33. The summed E-state index contributed by atoms with van der Waals surface area (Å²) in [6.07, 6.45) is 3.49. The number of fused-ring (bicyclic) bond motifs is 1. The number of rotatable bonds is 7. The van der Waals surface area contributed by atoms with Crippen LogP contribution in [0.2, 0.25) is 0 Å². The quantitative estimate of drug-likeness (QED) is 0.387. The van der Waals surface area contributed by atoms with Crippen LogP contribution in [0.15, 0.2) is 82.2 Å². The van der Waals surface area contributed by atoms with Gasteiger partial charge in [-0.2, -0.15) is 0 Å². The molecule has 7 nitrogen and oxygen atoms in total. The van der Waals surface area contributed by atoms with Crippen LogP contribution in [0.4, 0.5) is 0 Å². The highest BCUT2D eigenvalue weighted by molar-refractivity contribution is 7.07. The first-order valence-electron chi connectivity index (χ1n) is 10.6. The monoisotopic (exact) mass is 476 g/mol. The van der Waals surface area contributed by atoms with E-state index in [1.54, 1.807) is 36.8 Å². The van der Waals surface area contributed by atoms with Crippen molar-refractivity contribution in [1.82, 2.24) is 4.57 Å². The van der Waals surface area contributed by atoms with Crippen LogP contribution in [0.25, 0.3) is 6.08 Å². The van der Waals surface area contributed by atoms with Crippen LogP contribution in [0, 0.1) is 0 Å². The minimum Gasteiger partial charge on any atom is -0.497 e. The van der Waals surface area contributed by atoms with Gasteiger partial charge in [-0.05, 0) is 48.4 Å². The predicted octanol–water partition coefficient (Wildman–Crippen LogP) is 2.98. The van der Waals surface area contributed by atoms with Crippen LogP contribution < -0.4 is 24.4 Å². The Labute approximate surface area is 200 Å². The zero-order valence-electron chi connectivity index (χ0n) is 19.1. The fourth-order valence-electron chi connectivity index (χ4n) is 3.76. The molecule has 1 aliphatic rings. The van der Waals surface area contributed by atoms with E-state index in [0.29, 0.717) is 33.0 Å². The van der Waals surface area contributed by atoms with Crippen LogP contribution in [-0.4, -0.2) is 31.4 Å². The second-order valence-electron chi connectivity index (χ2n) is 7.52. The van der Waals surface area contributed by atoms with E-state index in [-0.39, 0.29) is 5.56 Å². The van der Waals surface area contributed by atoms with Gasteiger partial charge in [0.1, 0.15) is 18.1 Å². The Morgan fingerprint density at radius 1 is 1.12 bits per heavy atom. The molecule has 0 N–H and O–H groups in total. The lowest BCUT2D eigenvalue weighted by molar-refractivity contribution is -0.136. The third-order valence-corrected chi connectivity index (χ3v) is 6.39. The van der Waals surface area contributed by atoms with Crippen molar-refractivity contribution in [2.45, 2.75) is 13.0 Å². The number of ether oxygens (including phenoxy) is 3. The Morgan fingerprint density at radius 3 is 2.41 bits per heavy atom. The molecule has 1 atom stereocenters. The van der Waals surface area contributed by atoms with Crippen molar-refractivity contribution in [2.75, 3.05) is 20.8 Å². The predicted molar refractivity (Wildman–Crippen MR) is 131 cm³/mol. The lowest BCUT2D eigenvalue weighted by Gasteiger charge is -2.24. The van der Waals surface area contributed by atoms with E-state index in [0.717, 1.165) is 16.9 Å².